The van der Waals surface area contributed by atoms with Gasteiger partial charge in [0.25, 0.3) is 0 Å². The minimum absolute atomic E-state index is 0.0369. The van der Waals surface area contributed by atoms with Crippen molar-refractivity contribution in [2.45, 2.75) is 33.1 Å². The first-order chi connectivity index (χ1) is 9.15. The van der Waals surface area contributed by atoms with Crippen LogP contribution in [0.25, 0.3) is 11.6 Å². The molecule has 0 amide bonds. The van der Waals surface area contributed by atoms with E-state index in [1.54, 1.807) is 12.4 Å². The number of hydrogen-bond acceptors (Lipinski definition) is 4. The molecule has 0 aliphatic heterocycles. The van der Waals surface area contributed by atoms with Crippen molar-refractivity contribution in [3.63, 3.8) is 0 Å². The Labute approximate surface area is 111 Å². The molecule has 2 heterocycles. The molecule has 2 aromatic heterocycles. The number of carbonyl (C=O) groups is 1. The van der Waals surface area contributed by atoms with Gasteiger partial charge in [0.2, 0.25) is 0 Å². The van der Waals surface area contributed by atoms with Crippen molar-refractivity contribution in [3.8, 4) is 11.6 Å². The molecule has 2 aromatic rings. The lowest BCUT2D eigenvalue weighted by atomic mass is 10.0. The number of nitrogens with one attached hydrogen (secondary N) is 1. The van der Waals surface area contributed by atoms with Crippen LogP contribution < -0.4 is 0 Å². The summed E-state index contributed by atoms with van der Waals surface area (Å²) in [6, 6.07) is 0. The zero-order valence-electron chi connectivity index (χ0n) is 11.0. The van der Waals surface area contributed by atoms with Crippen molar-refractivity contribution < 1.29 is 9.90 Å². The Balaban J connectivity index is 2.54. The summed E-state index contributed by atoms with van der Waals surface area (Å²) in [5.41, 5.74) is 2.29. The number of nitrogens with zero attached hydrogens (tertiary/aromatic N) is 3. The lowest BCUT2D eigenvalue weighted by Gasteiger charge is -2.11. The third kappa shape index (κ3) is 2.78. The van der Waals surface area contributed by atoms with Crippen LogP contribution in [0.5, 0.6) is 0 Å². The molecular formula is C13H16N4O2. The van der Waals surface area contributed by atoms with E-state index in [2.05, 4.69) is 19.9 Å². The summed E-state index contributed by atoms with van der Waals surface area (Å²) < 4.78 is 0. The molecule has 6 nitrogen and oxygen atoms in total. The van der Waals surface area contributed by atoms with Gasteiger partial charge in [-0.1, -0.05) is 13.8 Å². The highest BCUT2D eigenvalue weighted by Gasteiger charge is 2.16. The number of aryl methyl sites for hydroxylation is 2. The number of carboxylic acid groups (broad SMARTS) is 1. The number of aromatic amines is 1. The minimum Gasteiger partial charge on any atom is -0.481 e. The molecule has 0 saturated carbocycles. The van der Waals surface area contributed by atoms with Crippen LogP contribution in [0.1, 0.15) is 30.8 Å². The molecule has 0 fully saturated rings. The van der Waals surface area contributed by atoms with E-state index in [-0.39, 0.29) is 6.42 Å². The molecule has 2 rings (SSSR count). The summed E-state index contributed by atoms with van der Waals surface area (Å²) in [6.07, 6.45) is 4.66. The van der Waals surface area contributed by atoms with Crippen LogP contribution in [0.15, 0.2) is 12.4 Å². The third-order valence-electron chi connectivity index (χ3n) is 2.89. The predicted molar refractivity (Wildman–Crippen MR) is 69.7 cm³/mol. The number of hydrogen-bond donors (Lipinski definition) is 2. The zero-order valence-corrected chi connectivity index (χ0v) is 11.0. The fourth-order valence-corrected chi connectivity index (χ4v) is 2.02. The van der Waals surface area contributed by atoms with E-state index >= 15 is 0 Å². The van der Waals surface area contributed by atoms with Crippen molar-refractivity contribution in [1.29, 1.82) is 0 Å². The van der Waals surface area contributed by atoms with Gasteiger partial charge in [0.05, 0.1) is 6.42 Å². The summed E-state index contributed by atoms with van der Waals surface area (Å²) >= 11 is 0. The van der Waals surface area contributed by atoms with Crippen LogP contribution in [0.3, 0.4) is 0 Å². The van der Waals surface area contributed by atoms with E-state index in [0.717, 1.165) is 17.0 Å². The maximum absolute atomic E-state index is 10.9. The Kier molecular flexibility index (Phi) is 3.89. The Morgan fingerprint density at radius 2 is 1.89 bits per heavy atom. The molecule has 0 aromatic carbocycles. The van der Waals surface area contributed by atoms with Gasteiger partial charge in [-0.15, -0.1) is 0 Å². The Hall–Kier alpha value is -2.24. The van der Waals surface area contributed by atoms with Gasteiger partial charge in [0.15, 0.2) is 11.6 Å². The Morgan fingerprint density at radius 1 is 1.26 bits per heavy atom. The highest BCUT2D eigenvalue weighted by molar-refractivity contribution is 5.71. The molecule has 100 valence electrons. The molecule has 0 saturated heterocycles. The molecular weight excluding hydrogens is 244 g/mol. The highest BCUT2D eigenvalue weighted by atomic mass is 16.4. The molecule has 0 atom stereocenters. The Bertz CT molecular complexity index is 553. The van der Waals surface area contributed by atoms with Crippen molar-refractivity contribution in [3.05, 3.63) is 29.3 Å². The fourth-order valence-electron chi connectivity index (χ4n) is 2.02. The average Bonchev–Trinajstić information content (AvgIpc) is 2.92. The normalized spacial score (nSPS) is 10.6. The summed E-state index contributed by atoms with van der Waals surface area (Å²) in [5.74, 6) is 0.262. The van der Waals surface area contributed by atoms with E-state index in [9.17, 15) is 4.79 Å². The molecule has 2 N–H and O–H groups in total. The van der Waals surface area contributed by atoms with Crippen LogP contribution in [0, 0.1) is 0 Å². The number of carboxylic acids is 1. The van der Waals surface area contributed by atoms with Crippen LogP contribution in [-0.4, -0.2) is 31.0 Å². The van der Waals surface area contributed by atoms with Crippen molar-refractivity contribution in [1.82, 2.24) is 19.9 Å². The SMILES string of the molecule is CCc1nc(-c2ncc[nH]2)nc(CC)c1CC(=O)O. The van der Waals surface area contributed by atoms with Crippen LogP contribution in [0.2, 0.25) is 0 Å². The molecule has 0 unspecified atom stereocenters. The maximum atomic E-state index is 10.9. The second kappa shape index (κ2) is 5.60. The second-order valence-electron chi connectivity index (χ2n) is 4.13. The number of imidazole rings is 1. The maximum Gasteiger partial charge on any atom is 0.307 e. The first-order valence-corrected chi connectivity index (χ1v) is 6.25. The molecule has 0 radical (unpaired) electrons. The van der Waals surface area contributed by atoms with Crippen molar-refractivity contribution in [2.24, 2.45) is 0 Å². The lowest BCUT2D eigenvalue weighted by molar-refractivity contribution is -0.136. The molecule has 0 aliphatic carbocycles. The lowest BCUT2D eigenvalue weighted by Crippen LogP contribution is -2.12. The Morgan fingerprint density at radius 3 is 2.32 bits per heavy atom. The van der Waals surface area contributed by atoms with E-state index < -0.39 is 5.97 Å². The van der Waals surface area contributed by atoms with Gasteiger partial charge >= 0.3 is 5.97 Å². The van der Waals surface area contributed by atoms with Gasteiger partial charge in [-0.25, -0.2) is 15.0 Å². The van der Waals surface area contributed by atoms with E-state index in [0.29, 0.717) is 24.5 Å². The second-order valence-corrected chi connectivity index (χ2v) is 4.13. The van der Waals surface area contributed by atoms with E-state index in [1.165, 1.54) is 0 Å². The standard InChI is InChI=1S/C13H16N4O2/c1-3-9-8(7-11(18)19)10(4-2)17-13(16-9)12-14-5-6-15-12/h5-6H,3-4,7H2,1-2H3,(H,14,15)(H,18,19). The smallest absolute Gasteiger partial charge is 0.307 e. The highest BCUT2D eigenvalue weighted by Crippen LogP contribution is 2.18. The third-order valence-corrected chi connectivity index (χ3v) is 2.89. The van der Waals surface area contributed by atoms with Gasteiger partial charge in [0.1, 0.15) is 0 Å². The number of rotatable bonds is 5. The monoisotopic (exact) mass is 260 g/mol. The van der Waals surface area contributed by atoms with Crippen molar-refractivity contribution in [2.75, 3.05) is 0 Å². The topological polar surface area (TPSA) is 91.8 Å². The van der Waals surface area contributed by atoms with Gasteiger partial charge in [-0.05, 0) is 12.8 Å². The summed E-state index contributed by atoms with van der Waals surface area (Å²) in [5, 5.41) is 8.99. The number of H-pyrrole nitrogens is 1. The first kappa shape index (κ1) is 13.2. The zero-order chi connectivity index (χ0) is 13.8. The largest absolute Gasteiger partial charge is 0.481 e. The van der Waals surface area contributed by atoms with E-state index in [4.69, 9.17) is 5.11 Å². The van der Waals surface area contributed by atoms with Crippen LogP contribution in [0.4, 0.5) is 0 Å². The number of aromatic nitrogens is 4. The summed E-state index contributed by atoms with van der Waals surface area (Å²) in [6.45, 7) is 3.91. The predicted octanol–water partition coefficient (Wildman–Crippen LogP) is 1.62. The van der Waals surface area contributed by atoms with Gasteiger partial charge in [0, 0.05) is 29.3 Å². The number of aliphatic carboxylic acids is 1. The quantitative estimate of drug-likeness (QED) is 0.852. The summed E-state index contributed by atoms with van der Waals surface area (Å²) in [4.78, 5) is 26.9. The van der Waals surface area contributed by atoms with Gasteiger partial charge in [-0.2, -0.15) is 0 Å². The van der Waals surface area contributed by atoms with E-state index in [1.807, 2.05) is 13.8 Å². The fraction of sp³-hybridized carbons (Fsp3) is 0.385. The van der Waals surface area contributed by atoms with Crippen LogP contribution >= 0.6 is 0 Å². The average molecular weight is 260 g/mol. The van der Waals surface area contributed by atoms with Gasteiger partial charge < -0.3 is 10.1 Å². The molecule has 0 aliphatic rings. The molecule has 19 heavy (non-hydrogen) atoms. The molecule has 0 spiro atoms. The van der Waals surface area contributed by atoms with Gasteiger partial charge in [-0.3, -0.25) is 4.79 Å². The summed E-state index contributed by atoms with van der Waals surface area (Å²) in [7, 11) is 0. The minimum atomic E-state index is -0.862. The molecule has 0 bridgehead atoms. The molecule has 6 heteroatoms. The first-order valence-electron chi connectivity index (χ1n) is 6.25. The van der Waals surface area contributed by atoms with Crippen molar-refractivity contribution >= 4 is 5.97 Å². The van der Waals surface area contributed by atoms with Crippen LogP contribution in [-0.2, 0) is 24.1 Å².